The van der Waals surface area contributed by atoms with Gasteiger partial charge in [0.15, 0.2) is 5.78 Å². The summed E-state index contributed by atoms with van der Waals surface area (Å²) >= 11 is 0. The van der Waals surface area contributed by atoms with E-state index in [1.165, 1.54) is 4.90 Å². The first-order valence-corrected chi connectivity index (χ1v) is 5.77. The van der Waals surface area contributed by atoms with E-state index in [0.717, 1.165) is 0 Å². The van der Waals surface area contributed by atoms with Gasteiger partial charge in [-0.05, 0) is 34.7 Å². The Labute approximate surface area is 101 Å². The lowest BCUT2D eigenvalue weighted by Crippen LogP contribution is -2.41. The van der Waals surface area contributed by atoms with Crippen LogP contribution in [0.15, 0.2) is 0 Å². The van der Waals surface area contributed by atoms with E-state index in [9.17, 15) is 13.6 Å². The molecule has 0 aliphatic carbocycles. The maximum Gasteiger partial charge on any atom is 0.251 e. The van der Waals surface area contributed by atoms with Gasteiger partial charge in [0.2, 0.25) is 0 Å². The van der Waals surface area contributed by atoms with Gasteiger partial charge in [-0.2, -0.15) is 0 Å². The molecule has 0 radical (unpaired) electrons. The van der Waals surface area contributed by atoms with Crippen molar-refractivity contribution in [3.63, 3.8) is 0 Å². The van der Waals surface area contributed by atoms with Crippen LogP contribution < -0.4 is 0 Å². The van der Waals surface area contributed by atoms with Crippen molar-refractivity contribution in [1.29, 1.82) is 0 Å². The Hall–Kier alpha value is -0.550. The standard InChI is InChI=1S/C12H21F2NO2/c1-11(2)8(6-15(5)7-9(13)14)10(16)12(3,4)17-11/h8-9H,6-7H2,1-5H3. The first-order valence-electron chi connectivity index (χ1n) is 5.77. The van der Waals surface area contributed by atoms with Gasteiger partial charge in [0, 0.05) is 6.54 Å². The van der Waals surface area contributed by atoms with E-state index in [1.54, 1.807) is 20.9 Å². The van der Waals surface area contributed by atoms with Crippen LogP contribution in [-0.4, -0.2) is 48.4 Å². The smallest absolute Gasteiger partial charge is 0.251 e. The quantitative estimate of drug-likeness (QED) is 0.762. The molecule has 1 aliphatic rings. The van der Waals surface area contributed by atoms with E-state index < -0.39 is 17.6 Å². The number of hydrogen-bond acceptors (Lipinski definition) is 3. The Bertz CT molecular complexity index is 303. The number of nitrogens with zero attached hydrogens (tertiary/aromatic N) is 1. The van der Waals surface area contributed by atoms with Crippen LogP contribution in [0, 0.1) is 5.92 Å². The van der Waals surface area contributed by atoms with E-state index in [-0.39, 0.29) is 18.2 Å². The monoisotopic (exact) mass is 249 g/mol. The van der Waals surface area contributed by atoms with Crippen molar-refractivity contribution in [2.24, 2.45) is 5.92 Å². The Kier molecular flexibility index (Phi) is 3.94. The molecule has 0 amide bonds. The van der Waals surface area contributed by atoms with Crippen LogP contribution in [0.3, 0.4) is 0 Å². The van der Waals surface area contributed by atoms with Crippen molar-refractivity contribution in [1.82, 2.24) is 4.90 Å². The molecule has 100 valence electrons. The Morgan fingerprint density at radius 2 is 1.88 bits per heavy atom. The molecule has 1 saturated heterocycles. The molecule has 1 heterocycles. The highest BCUT2D eigenvalue weighted by molar-refractivity contribution is 5.91. The van der Waals surface area contributed by atoms with Crippen molar-refractivity contribution in [2.45, 2.75) is 45.3 Å². The fourth-order valence-corrected chi connectivity index (χ4v) is 2.44. The van der Waals surface area contributed by atoms with Crippen LogP contribution in [-0.2, 0) is 9.53 Å². The molecule has 1 unspecified atom stereocenters. The fraction of sp³-hybridized carbons (Fsp3) is 0.917. The average Bonchev–Trinajstić information content (AvgIpc) is 2.22. The van der Waals surface area contributed by atoms with E-state index in [0.29, 0.717) is 6.54 Å². The predicted molar refractivity (Wildman–Crippen MR) is 61.2 cm³/mol. The molecule has 3 nitrogen and oxygen atoms in total. The topological polar surface area (TPSA) is 29.5 Å². The lowest BCUT2D eigenvalue weighted by Gasteiger charge is -2.28. The zero-order chi connectivity index (χ0) is 13.4. The van der Waals surface area contributed by atoms with E-state index in [1.807, 2.05) is 13.8 Å². The molecule has 0 saturated carbocycles. The van der Waals surface area contributed by atoms with Gasteiger partial charge >= 0.3 is 0 Å². The summed E-state index contributed by atoms with van der Waals surface area (Å²) in [5.74, 6) is -0.370. The van der Waals surface area contributed by atoms with E-state index in [2.05, 4.69) is 0 Å². The van der Waals surface area contributed by atoms with Crippen LogP contribution in [0.5, 0.6) is 0 Å². The van der Waals surface area contributed by atoms with Crippen molar-refractivity contribution >= 4 is 5.78 Å². The number of carbonyl (C=O) groups is 1. The normalized spacial score (nSPS) is 27.1. The second-order valence-electron chi connectivity index (χ2n) is 5.74. The summed E-state index contributed by atoms with van der Waals surface area (Å²) in [5, 5.41) is 0. The summed E-state index contributed by atoms with van der Waals surface area (Å²) in [6, 6.07) is 0. The minimum Gasteiger partial charge on any atom is -0.361 e. The molecular weight excluding hydrogens is 228 g/mol. The summed E-state index contributed by atoms with van der Waals surface area (Å²) in [6.45, 7) is 7.11. The number of rotatable bonds is 4. The van der Waals surface area contributed by atoms with Crippen LogP contribution in [0.1, 0.15) is 27.7 Å². The lowest BCUT2D eigenvalue weighted by atomic mass is 9.85. The molecule has 1 rings (SSSR count). The average molecular weight is 249 g/mol. The third-order valence-electron chi connectivity index (χ3n) is 3.21. The van der Waals surface area contributed by atoms with Crippen LogP contribution in [0.25, 0.3) is 0 Å². The highest BCUT2D eigenvalue weighted by Gasteiger charge is 2.53. The number of ketones is 1. The Morgan fingerprint density at radius 1 is 1.35 bits per heavy atom. The maximum atomic E-state index is 12.2. The van der Waals surface area contributed by atoms with Crippen LogP contribution in [0.4, 0.5) is 8.78 Å². The van der Waals surface area contributed by atoms with Crippen LogP contribution in [0.2, 0.25) is 0 Å². The largest absolute Gasteiger partial charge is 0.361 e. The zero-order valence-electron chi connectivity index (χ0n) is 11.1. The van der Waals surface area contributed by atoms with Gasteiger partial charge in [0.05, 0.1) is 18.1 Å². The number of ether oxygens (including phenoxy) is 1. The molecule has 0 aromatic heterocycles. The predicted octanol–water partition coefficient (Wildman–Crippen LogP) is 1.96. The molecule has 0 spiro atoms. The van der Waals surface area contributed by atoms with E-state index in [4.69, 9.17) is 4.74 Å². The number of alkyl halides is 2. The Balaban J connectivity index is 2.73. The number of hydrogen-bond donors (Lipinski definition) is 0. The summed E-state index contributed by atoms with van der Waals surface area (Å²) in [4.78, 5) is 13.6. The third kappa shape index (κ3) is 3.22. The third-order valence-corrected chi connectivity index (χ3v) is 3.21. The van der Waals surface area contributed by atoms with Gasteiger partial charge in [0.1, 0.15) is 5.60 Å². The molecule has 17 heavy (non-hydrogen) atoms. The van der Waals surface area contributed by atoms with Crippen molar-refractivity contribution < 1.29 is 18.3 Å². The van der Waals surface area contributed by atoms with Gasteiger partial charge in [-0.15, -0.1) is 0 Å². The summed E-state index contributed by atoms with van der Waals surface area (Å²) in [5.41, 5.74) is -1.42. The second kappa shape index (κ2) is 4.61. The van der Waals surface area contributed by atoms with Crippen molar-refractivity contribution in [2.75, 3.05) is 20.1 Å². The lowest BCUT2D eigenvalue weighted by molar-refractivity contribution is -0.132. The molecule has 0 aromatic rings. The number of Topliss-reactive ketones (excluding diaryl/α,β-unsaturated/α-hetero) is 1. The fourth-order valence-electron chi connectivity index (χ4n) is 2.44. The van der Waals surface area contributed by atoms with Crippen molar-refractivity contribution in [3.05, 3.63) is 0 Å². The van der Waals surface area contributed by atoms with Gasteiger partial charge < -0.3 is 4.74 Å². The summed E-state index contributed by atoms with van der Waals surface area (Å²) in [6.07, 6.45) is -2.38. The van der Waals surface area contributed by atoms with Gasteiger partial charge in [0.25, 0.3) is 6.43 Å². The SMILES string of the molecule is CN(CC(F)F)CC1C(=O)C(C)(C)OC1(C)C. The molecule has 0 bridgehead atoms. The first-order chi connectivity index (χ1) is 7.56. The van der Waals surface area contributed by atoms with E-state index >= 15 is 0 Å². The minimum atomic E-state index is -2.38. The molecule has 5 heteroatoms. The number of halogens is 2. The molecule has 1 aliphatic heterocycles. The summed E-state index contributed by atoms with van der Waals surface area (Å²) < 4.78 is 30.2. The second-order valence-corrected chi connectivity index (χ2v) is 5.74. The highest BCUT2D eigenvalue weighted by atomic mass is 19.3. The molecular formula is C12H21F2NO2. The van der Waals surface area contributed by atoms with Crippen LogP contribution >= 0.6 is 0 Å². The first kappa shape index (κ1) is 14.5. The zero-order valence-corrected chi connectivity index (χ0v) is 11.1. The summed E-state index contributed by atoms with van der Waals surface area (Å²) in [7, 11) is 1.60. The highest BCUT2D eigenvalue weighted by Crippen LogP contribution is 2.39. The molecule has 1 atom stereocenters. The van der Waals surface area contributed by atoms with Gasteiger partial charge in [-0.1, -0.05) is 0 Å². The molecule has 0 aromatic carbocycles. The molecule has 1 fully saturated rings. The minimum absolute atomic E-state index is 0.0105. The molecule has 0 N–H and O–H groups in total. The number of carbonyl (C=O) groups excluding carboxylic acids is 1. The Morgan fingerprint density at radius 3 is 2.24 bits per heavy atom. The van der Waals surface area contributed by atoms with Gasteiger partial charge in [-0.3, -0.25) is 9.69 Å². The maximum absolute atomic E-state index is 12.2. The van der Waals surface area contributed by atoms with Crippen molar-refractivity contribution in [3.8, 4) is 0 Å². The van der Waals surface area contributed by atoms with Gasteiger partial charge in [-0.25, -0.2) is 8.78 Å².